The second-order valence-electron chi connectivity index (χ2n) is 7.73. The standard InChI is InChI=1S/C21H28N2O5/c1-26-17-6-7-19(18(14-17)21(25)23-10-2-3-13-27-23)28-16-8-11-22(12-9-16)20(24)15-4-5-15/h6-7,14-16H,2-5,8-13H2,1H3. The first-order valence-corrected chi connectivity index (χ1v) is 10.2. The number of hydroxylamine groups is 2. The van der Waals surface area contributed by atoms with Crippen LogP contribution in [0.3, 0.4) is 0 Å². The number of nitrogens with zero attached hydrogens (tertiary/aromatic N) is 2. The van der Waals surface area contributed by atoms with Gasteiger partial charge < -0.3 is 14.4 Å². The Labute approximate surface area is 165 Å². The van der Waals surface area contributed by atoms with Crippen molar-refractivity contribution >= 4 is 11.8 Å². The Hall–Kier alpha value is -2.28. The Morgan fingerprint density at radius 3 is 2.50 bits per heavy atom. The zero-order valence-corrected chi connectivity index (χ0v) is 16.4. The van der Waals surface area contributed by atoms with Gasteiger partial charge in [0, 0.05) is 38.4 Å². The van der Waals surface area contributed by atoms with Gasteiger partial charge in [0.1, 0.15) is 17.6 Å². The number of ether oxygens (including phenoxy) is 2. The third-order valence-electron chi connectivity index (χ3n) is 5.62. The van der Waals surface area contributed by atoms with Gasteiger partial charge in [-0.25, -0.2) is 5.06 Å². The molecule has 28 heavy (non-hydrogen) atoms. The van der Waals surface area contributed by atoms with Gasteiger partial charge in [-0.1, -0.05) is 0 Å². The van der Waals surface area contributed by atoms with Gasteiger partial charge in [-0.3, -0.25) is 14.4 Å². The first-order valence-electron chi connectivity index (χ1n) is 10.2. The predicted molar refractivity (Wildman–Crippen MR) is 102 cm³/mol. The van der Waals surface area contributed by atoms with Crippen LogP contribution in [0, 0.1) is 5.92 Å². The van der Waals surface area contributed by atoms with Gasteiger partial charge in [-0.2, -0.15) is 0 Å². The lowest BCUT2D eigenvalue weighted by Crippen LogP contribution is -2.42. The van der Waals surface area contributed by atoms with E-state index < -0.39 is 0 Å². The number of hydrogen-bond donors (Lipinski definition) is 0. The smallest absolute Gasteiger partial charge is 0.281 e. The van der Waals surface area contributed by atoms with E-state index in [1.807, 2.05) is 4.90 Å². The molecule has 4 rings (SSSR count). The SMILES string of the molecule is COc1ccc(OC2CCN(C(=O)C3CC3)CC2)c(C(=O)N2CCCCO2)c1. The van der Waals surface area contributed by atoms with Gasteiger partial charge in [0.2, 0.25) is 5.91 Å². The second kappa shape index (κ2) is 8.39. The van der Waals surface area contributed by atoms with Gasteiger partial charge in [0.05, 0.1) is 19.3 Å². The highest BCUT2D eigenvalue weighted by molar-refractivity contribution is 5.96. The summed E-state index contributed by atoms with van der Waals surface area (Å²) in [4.78, 5) is 32.7. The Kier molecular flexibility index (Phi) is 5.71. The molecule has 1 saturated carbocycles. The van der Waals surface area contributed by atoms with Crippen molar-refractivity contribution in [3.8, 4) is 11.5 Å². The van der Waals surface area contributed by atoms with E-state index in [1.54, 1.807) is 25.3 Å². The summed E-state index contributed by atoms with van der Waals surface area (Å²) in [5.74, 6) is 1.51. The molecular formula is C21H28N2O5. The summed E-state index contributed by atoms with van der Waals surface area (Å²) < 4.78 is 11.5. The lowest BCUT2D eigenvalue weighted by atomic mass is 10.1. The van der Waals surface area contributed by atoms with Crippen LogP contribution in [0.25, 0.3) is 0 Å². The molecule has 0 unspecified atom stereocenters. The summed E-state index contributed by atoms with van der Waals surface area (Å²) in [6.45, 7) is 2.57. The van der Waals surface area contributed by atoms with Crippen molar-refractivity contribution in [2.24, 2.45) is 5.92 Å². The van der Waals surface area contributed by atoms with E-state index in [2.05, 4.69) is 0 Å². The molecule has 7 nitrogen and oxygen atoms in total. The normalized spacial score (nSPS) is 20.8. The minimum Gasteiger partial charge on any atom is -0.497 e. The molecule has 1 aliphatic carbocycles. The zero-order chi connectivity index (χ0) is 19.5. The van der Waals surface area contributed by atoms with Crippen LogP contribution in [-0.2, 0) is 9.63 Å². The molecule has 1 aromatic rings. The summed E-state index contributed by atoms with van der Waals surface area (Å²) in [5.41, 5.74) is 0.456. The van der Waals surface area contributed by atoms with Crippen LogP contribution < -0.4 is 9.47 Å². The van der Waals surface area contributed by atoms with E-state index in [1.165, 1.54) is 5.06 Å². The molecule has 0 N–H and O–H groups in total. The fourth-order valence-corrected chi connectivity index (χ4v) is 3.76. The van der Waals surface area contributed by atoms with Crippen LogP contribution in [0.15, 0.2) is 18.2 Å². The van der Waals surface area contributed by atoms with E-state index >= 15 is 0 Å². The highest BCUT2D eigenvalue weighted by Crippen LogP contribution is 2.33. The highest BCUT2D eigenvalue weighted by Gasteiger charge is 2.35. The Balaban J connectivity index is 1.43. The number of benzene rings is 1. The number of carbonyl (C=O) groups excluding carboxylic acids is 2. The minimum absolute atomic E-state index is 0.00882. The molecule has 2 amide bonds. The largest absolute Gasteiger partial charge is 0.497 e. The van der Waals surface area contributed by atoms with Crippen LogP contribution in [0.2, 0.25) is 0 Å². The van der Waals surface area contributed by atoms with Crippen molar-refractivity contribution in [3.63, 3.8) is 0 Å². The van der Waals surface area contributed by atoms with Crippen molar-refractivity contribution < 1.29 is 23.9 Å². The van der Waals surface area contributed by atoms with Crippen LogP contribution in [-0.4, -0.2) is 61.2 Å². The Morgan fingerprint density at radius 1 is 1.07 bits per heavy atom. The van der Waals surface area contributed by atoms with Crippen molar-refractivity contribution in [2.45, 2.75) is 44.6 Å². The van der Waals surface area contributed by atoms with E-state index in [4.69, 9.17) is 14.3 Å². The summed E-state index contributed by atoms with van der Waals surface area (Å²) in [6.07, 6.45) is 5.50. The molecule has 0 aromatic heterocycles. The maximum Gasteiger partial charge on any atom is 0.281 e. The Morgan fingerprint density at radius 2 is 1.86 bits per heavy atom. The first-order chi connectivity index (χ1) is 13.7. The number of amides is 2. The molecule has 3 fully saturated rings. The zero-order valence-electron chi connectivity index (χ0n) is 16.4. The number of methoxy groups -OCH3 is 1. The molecule has 1 aromatic carbocycles. The predicted octanol–water partition coefficient (Wildman–Crippen LogP) is 2.64. The topological polar surface area (TPSA) is 68.3 Å². The average molecular weight is 388 g/mol. The third-order valence-corrected chi connectivity index (χ3v) is 5.62. The van der Waals surface area contributed by atoms with E-state index in [0.29, 0.717) is 49.2 Å². The first kappa shape index (κ1) is 19.1. The monoisotopic (exact) mass is 388 g/mol. The minimum atomic E-state index is -0.199. The summed E-state index contributed by atoms with van der Waals surface area (Å²) in [6, 6.07) is 5.30. The van der Waals surface area contributed by atoms with Gasteiger partial charge in [-0.05, 0) is 43.9 Å². The van der Waals surface area contributed by atoms with Crippen LogP contribution in [0.5, 0.6) is 11.5 Å². The van der Waals surface area contributed by atoms with Gasteiger partial charge >= 0.3 is 0 Å². The maximum atomic E-state index is 13.0. The molecular weight excluding hydrogens is 360 g/mol. The maximum absolute atomic E-state index is 13.0. The Bertz CT molecular complexity index is 720. The lowest BCUT2D eigenvalue weighted by molar-refractivity contribution is -0.144. The number of carbonyl (C=O) groups is 2. The van der Waals surface area contributed by atoms with Crippen molar-refractivity contribution in [1.29, 1.82) is 0 Å². The molecule has 2 heterocycles. The second-order valence-corrected chi connectivity index (χ2v) is 7.73. The fourth-order valence-electron chi connectivity index (χ4n) is 3.76. The molecule has 0 radical (unpaired) electrons. The number of likely N-dealkylation sites (tertiary alicyclic amines) is 1. The quantitative estimate of drug-likeness (QED) is 0.776. The fraction of sp³-hybridized carbons (Fsp3) is 0.619. The van der Waals surface area contributed by atoms with Crippen LogP contribution in [0.1, 0.15) is 48.9 Å². The van der Waals surface area contributed by atoms with E-state index in [9.17, 15) is 9.59 Å². The highest BCUT2D eigenvalue weighted by atomic mass is 16.7. The van der Waals surface area contributed by atoms with Gasteiger partial charge in [0.15, 0.2) is 0 Å². The van der Waals surface area contributed by atoms with Crippen molar-refractivity contribution in [2.75, 3.05) is 33.4 Å². The van der Waals surface area contributed by atoms with Crippen molar-refractivity contribution in [3.05, 3.63) is 23.8 Å². The molecule has 2 saturated heterocycles. The van der Waals surface area contributed by atoms with Crippen LogP contribution >= 0.6 is 0 Å². The van der Waals surface area contributed by atoms with Gasteiger partial charge in [-0.15, -0.1) is 0 Å². The molecule has 2 aliphatic heterocycles. The summed E-state index contributed by atoms with van der Waals surface area (Å²) in [7, 11) is 1.58. The molecule has 152 valence electrons. The van der Waals surface area contributed by atoms with Crippen LogP contribution in [0.4, 0.5) is 0 Å². The molecule has 0 bridgehead atoms. The number of piperidine rings is 1. The average Bonchev–Trinajstić information content (AvgIpc) is 3.60. The number of rotatable bonds is 5. The molecule has 0 atom stereocenters. The van der Waals surface area contributed by atoms with E-state index in [-0.39, 0.29) is 17.9 Å². The molecule has 7 heteroatoms. The lowest BCUT2D eigenvalue weighted by Gasteiger charge is -2.33. The molecule has 0 spiro atoms. The van der Waals surface area contributed by atoms with E-state index in [0.717, 1.165) is 38.5 Å². The summed E-state index contributed by atoms with van der Waals surface area (Å²) >= 11 is 0. The third kappa shape index (κ3) is 4.24. The number of hydrogen-bond acceptors (Lipinski definition) is 5. The van der Waals surface area contributed by atoms with Crippen molar-refractivity contribution in [1.82, 2.24) is 9.96 Å². The summed E-state index contributed by atoms with van der Waals surface area (Å²) in [5, 5.41) is 1.42. The molecule has 3 aliphatic rings. The van der Waals surface area contributed by atoms with Gasteiger partial charge in [0.25, 0.3) is 5.91 Å².